The number of rotatable bonds is 4. The second-order valence-corrected chi connectivity index (χ2v) is 5.97. The van der Waals surface area contributed by atoms with Gasteiger partial charge in [0, 0.05) is 14.5 Å². The van der Waals surface area contributed by atoms with Gasteiger partial charge in [0.25, 0.3) is 0 Å². The van der Waals surface area contributed by atoms with Crippen LogP contribution in [0.4, 0.5) is 5.69 Å². The van der Waals surface area contributed by atoms with Gasteiger partial charge in [-0.05, 0) is 56.5 Å². The van der Waals surface area contributed by atoms with Crippen molar-refractivity contribution in [1.82, 2.24) is 0 Å². The highest BCUT2D eigenvalue weighted by Gasteiger charge is 2.15. The summed E-state index contributed by atoms with van der Waals surface area (Å²) in [5.74, 6) is 0.324. The lowest BCUT2D eigenvalue weighted by atomic mass is 10.0. The number of phenols is 1. The van der Waals surface area contributed by atoms with E-state index in [9.17, 15) is 5.11 Å². The minimum atomic E-state index is 0.0659. The molecule has 0 fully saturated rings. The van der Waals surface area contributed by atoms with Crippen molar-refractivity contribution in [2.24, 2.45) is 0 Å². The average Bonchev–Trinajstić information content (AvgIpc) is 2.40. The lowest BCUT2D eigenvalue weighted by Gasteiger charge is -2.21. The van der Waals surface area contributed by atoms with E-state index in [0.717, 1.165) is 26.6 Å². The first-order chi connectivity index (χ1) is 9.13. The zero-order valence-electron chi connectivity index (χ0n) is 10.5. The number of benzene rings is 2. The van der Waals surface area contributed by atoms with Crippen molar-refractivity contribution in [3.05, 3.63) is 57.0 Å². The molecule has 1 unspecified atom stereocenters. The van der Waals surface area contributed by atoms with E-state index in [2.05, 4.69) is 44.1 Å². The number of anilines is 1. The van der Waals surface area contributed by atoms with Gasteiger partial charge in [-0.1, -0.05) is 31.2 Å². The van der Waals surface area contributed by atoms with Crippen LogP contribution in [0.5, 0.6) is 5.75 Å². The molecule has 0 aromatic heterocycles. The first-order valence-electron chi connectivity index (χ1n) is 6.12. The molecule has 0 aliphatic rings. The first kappa shape index (κ1) is 14.4. The molecule has 4 heteroatoms. The van der Waals surface area contributed by atoms with Gasteiger partial charge in [-0.15, -0.1) is 0 Å². The van der Waals surface area contributed by atoms with E-state index in [1.165, 1.54) is 0 Å². The zero-order valence-corrected chi connectivity index (χ0v) is 13.7. The van der Waals surface area contributed by atoms with Crippen LogP contribution in [0.3, 0.4) is 0 Å². The summed E-state index contributed by atoms with van der Waals surface area (Å²) in [5.41, 5.74) is 1.91. The Balaban J connectivity index is 2.32. The fraction of sp³-hybridized carbons (Fsp3) is 0.200. The molecule has 2 rings (SSSR count). The minimum Gasteiger partial charge on any atom is -0.508 e. The van der Waals surface area contributed by atoms with E-state index in [1.54, 1.807) is 6.07 Å². The molecule has 0 spiro atoms. The van der Waals surface area contributed by atoms with Crippen LogP contribution in [0.2, 0.25) is 0 Å². The Bertz CT molecular complexity index is 552. The van der Waals surface area contributed by atoms with Gasteiger partial charge in [0.05, 0.1) is 11.7 Å². The van der Waals surface area contributed by atoms with Gasteiger partial charge in [0.1, 0.15) is 5.75 Å². The molecule has 1 atom stereocenters. The van der Waals surface area contributed by atoms with Crippen LogP contribution in [0.1, 0.15) is 24.9 Å². The number of phenolic OH excluding ortho intramolecular Hbond substituents is 1. The van der Waals surface area contributed by atoms with Gasteiger partial charge >= 0.3 is 0 Å². The fourth-order valence-electron chi connectivity index (χ4n) is 1.99. The molecule has 2 nitrogen and oxygen atoms in total. The monoisotopic (exact) mass is 383 g/mol. The molecule has 0 bridgehead atoms. The summed E-state index contributed by atoms with van der Waals surface area (Å²) in [6, 6.07) is 13.5. The summed E-state index contributed by atoms with van der Waals surface area (Å²) in [4.78, 5) is 0. The van der Waals surface area contributed by atoms with Gasteiger partial charge in [-0.25, -0.2) is 0 Å². The third-order valence-electron chi connectivity index (χ3n) is 3.00. The molecule has 0 heterocycles. The number of nitrogens with one attached hydrogen (secondary N) is 1. The fourth-order valence-corrected chi connectivity index (χ4v) is 3.22. The normalized spacial score (nSPS) is 12.2. The highest BCUT2D eigenvalue weighted by Crippen LogP contribution is 2.36. The second kappa shape index (κ2) is 6.44. The quantitative estimate of drug-likeness (QED) is 0.731. The third-order valence-corrected chi connectivity index (χ3v) is 4.32. The number of halogens is 2. The molecule has 19 heavy (non-hydrogen) atoms. The molecule has 2 aromatic carbocycles. The Labute approximate surface area is 130 Å². The van der Waals surface area contributed by atoms with Crippen LogP contribution in [-0.2, 0) is 0 Å². The van der Waals surface area contributed by atoms with E-state index < -0.39 is 0 Å². The van der Waals surface area contributed by atoms with Crippen molar-refractivity contribution < 1.29 is 5.11 Å². The Hall–Kier alpha value is -1.00. The number of hydrogen-bond donors (Lipinski definition) is 2. The van der Waals surface area contributed by atoms with Crippen LogP contribution < -0.4 is 5.32 Å². The molecule has 2 N–H and O–H groups in total. The first-order valence-corrected chi connectivity index (χ1v) is 7.70. The lowest BCUT2D eigenvalue weighted by molar-refractivity contribution is 0.462. The third kappa shape index (κ3) is 3.31. The summed E-state index contributed by atoms with van der Waals surface area (Å²) < 4.78 is 1.99. The topological polar surface area (TPSA) is 32.3 Å². The Morgan fingerprint density at radius 3 is 2.26 bits per heavy atom. The number of aromatic hydroxyl groups is 1. The van der Waals surface area contributed by atoms with Crippen LogP contribution >= 0.6 is 31.9 Å². The molecule has 2 aromatic rings. The van der Waals surface area contributed by atoms with Gasteiger partial charge in [0.15, 0.2) is 0 Å². The van der Waals surface area contributed by atoms with E-state index in [0.29, 0.717) is 5.75 Å². The highest BCUT2D eigenvalue weighted by molar-refractivity contribution is 9.11. The molecular formula is C15H15Br2NO. The van der Waals surface area contributed by atoms with Crippen LogP contribution in [0.25, 0.3) is 0 Å². The van der Waals surface area contributed by atoms with Gasteiger partial charge in [0.2, 0.25) is 0 Å². The highest BCUT2D eigenvalue weighted by atomic mass is 79.9. The molecular weight excluding hydrogens is 370 g/mol. The van der Waals surface area contributed by atoms with E-state index in [1.807, 2.05) is 36.4 Å². The summed E-state index contributed by atoms with van der Waals surface area (Å²) in [6.45, 7) is 2.09. The predicted octanol–water partition coefficient (Wildman–Crippen LogP) is 5.48. The summed E-state index contributed by atoms with van der Waals surface area (Å²) >= 11 is 7.08. The maximum Gasteiger partial charge on any atom is 0.120 e. The van der Waals surface area contributed by atoms with E-state index in [-0.39, 0.29) is 6.04 Å². The van der Waals surface area contributed by atoms with Crippen LogP contribution in [0, 0.1) is 0 Å². The maximum atomic E-state index is 9.97. The van der Waals surface area contributed by atoms with Crippen molar-refractivity contribution in [2.45, 2.75) is 19.4 Å². The van der Waals surface area contributed by atoms with Gasteiger partial charge < -0.3 is 10.4 Å². The van der Waals surface area contributed by atoms with Crippen molar-refractivity contribution in [1.29, 1.82) is 0 Å². The lowest BCUT2D eigenvalue weighted by Crippen LogP contribution is -2.10. The average molecular weight is 385 g/mol. The van der Waals surface area contributed by atoms with Gasteiger partial charge in [-0.2, -0.15) is 0 Å². The molecule has 100 valence electrons. The number of hydrogen-bond acceptors (Lipinski definition) is 2. The molecule has 0 saturated heterocycles. The van der Waals surface area contributed by atoms with Gasteiger partial charge in [-0.3, -0.25) is 0 Å². The van der Waals surface area contributed by atoms with Crippen molar-refractivity contribution in [3.63, 3.8) is 0 Å². The minimum absolute atomic E-state index is 0.0659. The summed E-state index contributed by atoms with van der Waals surface area (Å²) in [7, 11) is 0. The van der Waals surface area contributed by atoms with Crippen molar-refractivity contribution >= 4 is 37.5 Å². The molecule has 0 amide bonds. The Morgan fingerprint density at radius 1 is 1.05 bits per heavy atom. The number of para-hydroxylation sites is 2. The maximum absolute atomic E-state index is 9.97. The van der Waals surface area contributed by atoms with Crippen molar-refractivity contribution in [3.8, 4) is 5.75 Å². The molecule has 0 saturated carbocycles. The summed E-state index contributed by atoms with van der Waals surface area (Å²) in [6.07, 6.45) is 0.880. The standard InChI is InChI=1S/C15H15Br2NO/c1-2-13(10-6-3-4-9-14(10)19)18-15-11(16)7-5-8-12(15)17/h3-9,13,18-19H,2H2,1H3. The van der Waals surface area contributed by atoms with Crippen molar-refractivity contribution in [2.75, 3.05) is 5.32 Å². The Morgan fingerprint density at radius 2 is 1.68 bits per heavy atom. The second-order valence-electron chi connectivity index (χ2n) is 4.26. The molecule has 0 aliphatic heterocycles. The van der Waals surface area contributed by atoms with Crippen LogP contribution in [0.15, 0.2) is 51.4 Å². The van der Waals surface area contributed by atoms with E-state index in [4.69, 9.17) is 0 Å². The van der Waals surface area contributed by atoms with E-state index >= 15 is 0 Å². The summed E-state index contributed by atoms with van der Waals surface area (Å²) in [5, 5.41) is 13.4. The van der Waals surface area contributed by atoms with Crippen LogP contribution in [-0.4, -0.2) is 5.11 Å². The molecule has 0 aliphatic carbocycles. The predicted molar refractivity (Wildman–Crippen MR) is 86.6 cm³/mol. The largest absolute Gasteiger partial charge is 0.508 e. The molecule has 0 radical (unpaired) electrons. The smallest absolute Gasteiger partial charge is 0.120 e. The zero-order chi connectivity index (χ0) is 13.8. The SMILES string of the molecule is CCC(Nc1c(Br)cccc1Br)c1ccccc1O. The Kier molecular flexibility index (Phi) is 4.88.